The average Bonchev–Trinajstić information content (AvgIpc) is 3.13. The Morgan fingerprint density at radius 2 is 0.967 bits per heavy atom. The Hall–Kier alpha value is -3.19. The van der Waals surface area contributed by atoms with Crippen LogP contribution in [0.15, 0.2) is 22.6 Å². The monoisotopic (exact) mass is 448 g/mol. The number of hydrogen-bond donors (Lipinski definition) is 0. The van der Waals surface area contributed by atoms with Gasteiger partial charge in [0.15, 0.2) is 23.3 Å². The Kier molecular flexibility index (Phi) is 4.99. The second-order valence-corrected chi connectivity index (χ2v) is 5.65. The summed E-state index contributed by atoms with van der Waals surface area (Å²) in [7, 11) is 0. The first-order chi connectivity index (χ1) is 13.7. The zero-order valence-corrected chi connectivity index (χ0v) is 13.7. The maximum atomic E-state index is 13.8. The molecule has 0 amide bonds. The summed E-state index contributed by atoms with van der Waals surface area (Å²) >= 11 is 0. The molecule has 160 valence electrons. The van der Waals surface area contributed by atoms with Gasteiger partial charge in [-0.25, -0.2) is 22.0 Å². The van der Waals surface area contributed by atoms with Crippen LogP contribution in [0.3, 0.4) is 0 Å². The van der Waals surface area contributed by atoms with Gasteiger partial charge in [-0.15, -0.1) is 10.2 Å². The third-order valence-electron chi connectivity index (χ3n) is 3.68. The van der Waals surface area contributed by atoms with Gasteiger partial charge in [-0.05, 0) is 18.2 Å². The van der Waals surface area contributed by atoms with Gasteiger partial charge in [0, 0.05) is 5.56 Å². The maximum Gasteiger partial charge on any atom is 0.416 e. The second kappa shape index (κ2) is 6.95. The highest BCUT2D eigenvalue weighted by Crippen LogP contribution is 2.39. The number of rotatable bonds is 2. The van der Waals surface area contributed by atoms with E-state index in [9.17, 15) is 48.3 Å². The summed E-state index contributed by atoms with van der Waals surface area (Å²) in [5.41, 5.74) is -6.18. The molecule has 0 N–H and O–H groups in total. The van der Waals surface area contributed by atoms with Crippen LogP contribution in [0.1, 0.15) is 11.1 Å². The normalized spacial score (nSPS) is 12.5. The molecule has 0 aliphatic rings. The summed E-state index contributed by atoms with van der Waals surface area (Å²) in [6.45, 7) is 0. The first-order valence-electron chi connectivity index (χ1n) is 7.37. The standard InChI is InChI=1S/C16H3F11N2O/c17-8-7(9(18)11(20)12(21)10(8)19)14-29-28-13(30-14)4-1-5(15(22,23)24)3-6(2-4)16(25,26)27/h1-3H. The van der Waals surface area contributed by atoms with E-state index in [-0.39, 0.29) is 18.2 Å². The molecule has 0 bridgehead atoms. The molecular weight excluding hydrogens is 445 g/mol. The van der Waals surface area contributed by atoms with Gasteiger partial charge in [-0.1, -0.05) is 0 Å². The Balaban J connectivity index is 2.19. The zero-order chi connectivity index (χ0) is 22.6. The van der Waals surface area contributed by atoms with Crippen LogP contribution in [0.5, 0.6) is 0 Å². The molecule has 30 heavy (non-hydrogen) atoms. The molecule has 0 aliphatic heterocycles. The number of alkyl halides is 6. The molecule has 0 saturated carbocycles. The number of aromatic nitrogens is 2. The molecule has 3 aromatic rings. The minimum Gasteiger partial charge on any atom is -0.416 e. The van der Waals surface area contributed by atoms with Crippen molar-refractivity contribution in [1.82, 2.24) is 10.2 Å². The number of hydrogen-bond acceptors (Lipinski definition) is 3. The number of benzene rings is 2. The van der Waals surface area contributed by atoms with Crippen molar-refractivity contribution in [3.8, 4) is 22.9 Å². The SMILES string of the molecule is Fc1c(F)c(F)c(-c2nnc(-c3cc(C(F)(F)F)cc(C(F)(F)F)c3)o2)c(F)c1F. The number of halogens is 11. The molecule has 0 saturated heterocycles. The molecule has 0 aliphatic carbocycles. The lowest BCUT2D eigenvalue weighted by molar-refractivity contribution is -0.143. The molecule has 3 nitrogen and oxygen atoms in total. The van der Waals surface area contributed by atoms with Gasteiger partial charge in [0.1, 0.15) is 5.56 Å². The largest absolute Gasteiger partial charge is 0.416 e. The van der Waals surface area contributed by atoms with Gasteiger partial charge in [0.25, 0.3) is 5.89 Å². The zero-order valence-electron chi connectivity index (χ0n) is 13.7. The Morgan fingerprint density at radius 3 is 1.40 bits per heavy atom. The molecule has 1 heterocycles. The predicted octanol–water partition coefficient (Wildman–Crippen LogP) is 6.14. The van der Waals surface area contributed by atoms with E-state index in [0.717, 1.165) is 0 Å². The van der Waals surface area contributed by atoms with Crippen LogP contribution in [-0.2, 0) is 12.4 Å². The Morgan fingerprint density at radius 1 is 0.567 bits per heavy atom. The van der Waals surface area contributed by atoms with Gasteiger partial charge in [-0.2, -0.15) is 26.3 Å². The molecule has 3 rings (SSSR count). The summed E-state index contributed by atoms with van der Waals surface area (Å²) in [4.78, 5) is 0. The van der Waals surface area contributed by atoms with Crippen LogP contribution in [-0.4, -0.2) is 10.2 Å². The highest BCUT2D eigenvalue weighted by molar-refractivity contribution is 5.61. The van der Waals surface area contributed by atoms with Gasteiger partial charge in [0.2, 0.25) is 11.7 Å². The topological polar surface area (TPSA) is 38.9 Å². The molecular formula is C16H3F11N2O. The van der Waals surface area contributed by atoms with Crippen molar-refractivity contribution < 1.29 is 52.7 Å². The smallest absolute Gasteiger partial charge is 0.416 e. The average molecular weight is 448 g/mol. The van der Waals surface area contributed by atoms with E-state index >= 15 is 0 Å². The van der Waals surface area contributed by atoms with Gasteiger partial charge < -0.3 is 4.42 Å². The molecule has 14 heteroatoms. The van der Waals surface area contributed by atoms with Crippen molar-refractivity contribution in [2.75, 3.05) is 0 Å². The van der Waals surface area contributed by atoms with Crippen LogP contribution in [0, 0.1) is 29.1 Å². The fourth-order valence-corrected chi connectivity index (χ4v) is 2.31. The molecule has 1 aromatic heterocycles. The Labute approximate surface area is 157 Å². The summed E-state index contributed by atoms with van der Waals surface area (Å²) < 4.78 is 149. The van der Waals surface area contributed by atoms with E-state index in [1.54, 1.807) is 0 Å². The van der Waals surface area contributed by atoms with E-state index in [4.69, 9.17) is 0 Å². The lowest BCUT2D eigenvalue weighted by Crippen LogP contribution is -2.11. The highest BCUT2D eigenvalue weighted by Gasteiger charge is 2.38. The molecule has 0 radical (unpaired) electrons. The number of nitrogens with zero attached hydrogens (tertiary/aromatic N) is 2. The summed E-state index contributed by atoms with van der Waals surface area (Å²) in [5.74, 6) is -14.5. The second-order valence-electron chi connectivity index (χ2n) is 5.65. The van der Waals surface area contributed by atoms with E-state index in [2.05, 4.69) is 14.6 Å². The van der Waals surface area contributed by atoms with Gasteiger partial charge in [0.05, 0.1) is 11.1 Å². The lowest BCUT2D eigenvalue weighted by atomic mass is 10.0. The highest BCUT2D eigenvalue weighted by atomic mass is 19.4. The summed E-state index contributed by atoms with van der Waals surface area (Å²) in [6.07, 6.45) is -10.4. The minimum atomic E-state index is -5.22. The maximum absolute atomic E-state index is 13.8. The molecule has 0 fully saturated rings. The van der Waals surface area contributed by atoms with E-state index in [1.165, 1.54) is 0 Å². The predicted molar refractivity (Wildman–Crippen MR) is 75.0 cm³/mol. The van der Waals surface area contributed by atoms with Crippen molar-refractivity contribution in [2.24, 2.45) is 0 Å². The van der Waals surface area contributed by atoms with Crippen molar-refractivity contribution in [1.29, 1.82) is 0 Å². The van der Waals surface area contributed by atoms with E-state index in [1.807, 2.05) is 0 Å². The summed E-state index contributed by atoms with van der Waals surface area (Å²) in [5, 5.41) is 6.01. The first-order valence-corrected chi connectivity index (χ1v) is 7.37. The lowest BCUT2D eigenvalue weighted by Gasteiger charge is -2.12. The van der Waals surface area contributed by atoms with Crippen molar-refractivity contribution in [2.45, 2.75) is 12.4 Å². The third kappa shape index (κ3) is 3.68. The quantitative estimate of drug-likeness (QED) is 0.269. The van der Waals surface area contributed by atoms with Crippen LogP contribution in [0.25, 0.3) is 22.9 Å². The Bertz CT molecular complexity index is 1070. The van der Waals surface area contributed by atoms with Gasteiger partial charge in [-0.3, -0.25) is 0 Å². The van der Waals surface area contributed by atoms with Crippen molar-refractivity contribution in [3.63, 3.8) is 0 Å². The molecule has 0 atom stereocenters. The van der Waals surface area contributed by atoms with Crippen LogP contribution in [0.2, 0.25) is 0 Å². The molecule has 2 aromatic carbocycles. The minimum absolute atomic E-state index is 0.172. The van der Waals surface area contributed by atoms with E-state index in [0.29, 0.717) is 0 Å². The van der Waals surface area contributed by atoms with Gasteiger partial charge >= 0.3 is 12.4 Å². The van der Waals surface area contributed by atoms with Crippen LogP contribution >= 0.6 is 0 Å². The van der Waals surface area contributed by atoms with Crippen molar-refractivity contribution in [3.05, 3.63) is 58.4 Å². The fraction of sp³-hybridized carbons (Fsp3) is 0.125. The van der Waals surface area contributed by atoms with Crippen LogP contribution in [0.4, 0.5) is 48.3 Å². The van der Waals surface area contributed by atoms with Crippen LogP contribution < -0.4 is 0 Å². The van der Waals surface area contributed by atoms with E-state index < -0.39 is 75.5 Å². The fourth-order valence-electron chi connectivity index (χ4n) is 2.31. The molecule has 0 spiro atoms. The molecule has 0 unspecified atom stereocenters. The first kappa shape index (κ1) is 21.5. The summed E-state index contributed by atoms with van der Waals surface area (Å²) in [6, 6.07) is 0.140. The third-order valence-corrected chi connectivity index (χ3v) is 3.68. The van der Waals surface area contributed by atoms with Crippen molar-refractivity contribution >= 4 is 0 Å².